The van der Waals surface area contributed by atoms with E-state index in [0.29, 0.717) is 43.5 Å². The predicted molar refractivity (Wildman–Crippen MR) is 100 cm³/mol. The monoisotopic (exact) mass is 367 g/mol. The third kappa shape index (κ3) is 3.59. The van der Waals surface area contributed by atoms with Crippen molar-refractivity contribution in [3.63, 3.8) is 0 Å². The first-order chi connectivity index (χ1) is 13.3. The molecule has 0 spiro atoms. The fourth-order valence-corrected chi connectivity index (χ4v) is 3.20. The molecule has 4 rings (SSSR count). The first-order valence-electron chi connectivity index (χ1n) is 8.86. The SMILES string of the molecule is COc1ccccc1OCC1CN(C(=O)c2n[nH]c3ccccc23)CCO1. The van der Waals surface area contributed by atoms with Crippen LogP contribution in [0.5, 0.6) is 11.5 Å². The van der Waals surface area contributed by atoms with E-state index in [1.807, 2.05) is 48.5 Å². The van der Waals surface area contributed by atoms with Crippen LogP contribution in [0.1, 0.15) is 10.5 Å². The molecule has 1 aliphatic rings. The largest absolute Gasteiger partial charge is 0.493 e. The van der Waals surface area contributed by atoms with E-state index in [2.05, 4.69) is 10.2 Å². The Morgan fingerprint density at radius 2 is 2.00 bits per heavy atom. The Hall–Kier alpha value is -3.06. The highest BCUT2D eigenvalue weighted by Gasteiger charge is 2.28. The van der Waals surface area contributed by atoms with Crippen molar-refractivity contribution < 1.29 is 19.0 Å². The van der Waals surface area contributed by atoms with Crippen LogP contribution >= 0.6 is 0 Å². The highest BCUT2D eigenvalue weighted by Crippen LogP contribution is 2.26. The minimum absolute atomic E-state index is 0.0990. The molecular weight excluding hydrogens is 346 g/mol. The van der Waals surface area contributed by atoms with E-state index in [4.69, 9.17) is 14.2 Å². The van der Waals surface area contributed by atoms with Crippen molar-refractivity contribution in [3.05, 3.63) is 54.2 Å². The lowest BCUT2D eigenvalue weighted by molar-refractivity contribution is -0.0404. The molecule has 140 valence electrons. The number of hydrogen-bond acceptors (Lipinski definition) is 5. The van der Waals surface area contributed by atoms with Crippen LogP contribution in [0.15, 0.2) is 48.5 Å². The van der Waals surface area contributed by atoms with Gasteiger partial charge in [0.15, 0.2) is 17.2 Å². The molecule has 7 nitrogen and oxygen atoms in total. The van der Waals surface area contributed by atoms with Gasteiger partial charge < -0.3 is 19.1 Å². The van der Waals surface area contributed by atoms with Gasteiger partial charge >= 0.3 is 0 Å². The van der Waals surface area contributed by atoms with Crippen LogP contribution in [-0.2, 0) is 4.74 Å². The summed E-state index contributed by atoms with van der Waals surface area (Å²) in [6.45, 7) is 1.79. The molecule has 7 heteroatoms. The average molecular weight is 367 g/mol. The van der Waals surface area contributed by atoms with Gasteiger partial charge in [0.2, 0.25) is 0 Å². The Labute approximate surface area is 156 Å². The molecule has 3 aromatic rings. The second-order valence-corrected chi connectivity index (χ2v) is 6.32. The zero-order valence-electron chi connectivity index (χ0n) is 15.1. The molecule has 1 fully saturated rings. The maximum Gasteiger partial charge on any atom is 0.275 e. The van der Waals surface area contributed by atoms with Crippen molar-refractivity contribution in [1.82, 2.24) is 15.1 Å². The molecule has 0 saturated carbocycles. The van der Waals surface area contributed by atoms with E-state index in [9.17, 15) is 4.79 Å². The first-order valence-corrected chi connectivity index (χ1v) is 8.86. The average Bonchev–Trinajstić information content (AvgIpc) is 3.16. The fourth-order valence-electron chi connectivity index (χ4n) is 3.20. The van der Waals surface area contributed by atoms with E-state index in [1.165, 1.54) is 0 Å². The lowest BCUT2D eigenvalue weighted by atomic mass is 10.2. The zero-order chi connectivity index (χ0) is 18.6. The number of methoxy groups -OCH3 is 1. The summed E-state index contributed by atoms with van der Waals surface area (Å²) in [6, 6.07) is 15.1. The maximum absolute atomic E-state index is 12.9. The van der Waals surface area contributed by atoms with Gasteiger partial charge in [0.05, 0.1) is 25.8 Å². The Bertz CT molecular complexity index is 940. The van der Waals surface area contributed by atoms with Gasteiger partial charge in [-0.25, -0.2) is 0 Å². The first kappa shape index (κ1) is 17.4. The molecular formula is C20H21N3O4. The number of hydrogen-bond donors (Lipinski definition) is 1. The summed E-state index contributed by atoms with van der Waals surface area (Å²) in [4.78, 5) is 14.7. The van der Waals surface area contributed by atoms with E-state index in [1.54, 1.807) is 12.0 Å². The van der Waals surface area contributed by atoms with Gasteiger partial charge in [0.1, 0.15) is 12.7 Å². The zero-order valence-corrected chi connectivity index (χ0v) is 15.1. The number of rotatable bonds is 5. The third-order valence-corrected chi connectivity index (χ3v) is 4.59. The van der Waals surface area contributed by atoms with E-state index in [-0.39, 0.29) is 12.0 Å². The van der Waals surface area contributed by atoms with Gasteiger partial charge in [-0.3, -0.25) is 9.89 Å². The van der Waals surface area contributed by atoms with Crippen molar-refractivity contribution in [2.24, 2.45) is 0 Å². The number of aromatic amines is 1. The Morgan fingerprint density at radius 3 is 2.85 bits per heavy atom. The third-order valence-electron chi connectivity index (χ3n) is 4.59. The van der Waals surface area contributed by atoms with Crippen molar-refractivity contribution in [2.75, 3.05) is 33.4 Å². The summed E-state index contributed by atoms with van der Waals surface area (Å²) >= 11 is 0. The molecule has 1 aliphatic heterocycles. The number of morpholine rings is 1. The number of benzene rings is 2. The Balaban J connectivity index is 1.42. The molecule has 0 bridgehead atoms. The van der Waals surface area contributed by atoms with Crippen LogP contribution in [0.2, 0.25) is 0 Å². The van der Waals surface area contributed by atoms with E-state index in [0.717, 1.165) is 10.9 Å². The topological polar surface area (TPSA) is 76.7 Å². The molecule has 1 atom stereocenters. The fraction of sp³-hybridized carbons (Fsp3) is 0.300. The van der Waals surface area contributed by atoms with Crippen molar-refractivity contribution in [3.8, 4) is 11.5 Å². The molecule has 1 saturated heterocycles. The van der Waals surface area contributed by atoms with E-state index >= 15 is 0 Å². The van der Waals surface area contributed by atoms with Crippen molar-refractivity contribution >= 4 is 16.8 Å². The molecule has 0 aliphatic carbocycles. The summed E-state index contributed by atoms with van der Waals surface area (Å²) in [6.07, 6.45) is -0.210. The summed E-state index contributed by atoms with van der Waals surface area (Å²) in [7, 11) is 1.61. The van der Waals surface area contributed by atoms with Crippen LogP contribution < -0.4 is 9.47 Å². The quantitative estimate of drug-likeness (QED) is 0.750. The van der Waals surface area contributed by atoms with Gasteiger partial charge in [0.25, 0.3) is 5.91 Å². The van der Waals surface area contributed by atoms with Gasteiger partial charge in [-0.05, 0) is 18.2 Å². The van der Waals surface area contributed by atoms with Crippen molar-refractivity contribution in [1.29, 1.82) is 0 Å². The summed E-state index contributed by atoms with van der Waals surface area (Å²) in [5.41, 5.74) is 1.29. The number of carbonyl (C=O) groups excluding carboxylic acids is 1. The molecule has 27 heavy (non-hydrogen) atoms. The minimum atomic E-state index is -0.210. The van der Waals surface area contributed by atoms with Crippen LogP contribution in [0, 0.1) is 0 Å². The highest BCUT2D eigenvalue weighted by molar-refractivity contribution is 6.04. The van der Waals surface area contributed by atoms with Gasteiger partial charge in [-0.2, -0.15) is 5.10 Å². The lowest BCUT2D eigenvalue weighted by Crippen LogP contribution is -2.47. The number of fused-ring (bicyclic) bond motifs is 1. The second kappa shape index (κ2) is 7.67. The molecule has 1 unspecified atom stereocenters. The molecule has 0 radical (unpaired) electrons. The Morgan fingerprint density at radius 1 is 1.22 bits per heavy atom. The van der Waals surface area contributed by atoms with Crippen LogP contribution in [0.3, 0.4) is 0 Å². The smallest absolute Gasteiger partial charge is 0.275 e. The van der Waals surface area contributed by atoms with Gasteiger partial charge in [-0.15, -0.1) is 0 Å². The maximum atomic E-state index is 12.9. The summed E-state index contributed by atoms with van der Waals surface area (Å²) in [5, 5.41) is 7.95. The number of H-pyrrole nitrogens is 1. The number of para-hydroxylation sites is 3. The van der Waals surface area contributed by atoms with Gasteiger partial charge in [-0.1, -0.05) is 30.3 Å². The second-order valence-electron chi connectivity index (χ2n) is 6.32. The van der Waals surface area contributed by atoms with E-state index < -0.39 is 0 Å². The van der Waals surface area contributed by atoms with Gasteiger partial charge in [0, 0.05) is 11.9 Å². The van der Waals surface area contributed by atoms with Crippen LogP contribution in [0.25, 0.3) is 10.9 Å². The number of nitrogens with one attached hydrogen (secondary N) is 1. The number of nitrogens with zero attached hydrogens (tertiary/aromatic N) is 2. The lowest BCUT2D eigenvalue weighted by Gasteiger charge is -2.32. The number of ether oxygens (including phenoxy) is 3. The van der Waals surface area contributed by atoms with Crippen LogP contribution in [-0.4, -0.2) is 60.5 Å². The number of aromatic nitrogens is 2. The molecule has 2 aromatic carbocycles. The normalized spacial score (nSPS) is 17.1. The minimum Gasteiger partial charge on any atom is -0.493 e. The number of carbonyl (C=O) groups is 1. The standard InChI is InChI=1S/C20H21N3O4/c1-25-17-8-4-5-9-18(17)27-13-14-12-23(10-11-26-14)20(24)19-15-6-2-3-7-16(15)21-22-19/h2-9,14H,10-13H2,1H3,(H,21,22). The van der Waals surface area contributed by atoms with Crippen LogP contribution in [0.4, 0.5) is 0 Å². The molecule has 1 aromatic heterocycles. The molecule has 1 amide bonds. The molecule has 1 N–H and O–H groups in total. The van der Waals surface area contributed by atoms with Crippen molar-refractivity contribution in [2.45, 2.75) is 6.10 Å². The highest BCUT2D eigenvalue weighted by atomic mass is 16.5. The summed E-state index contributed by atoms with van der Waals surface area (Å²) < 4.78 is 16.9. The molecule has 2 heterocycles. The Kier molecular flexibility index (Phi) is 4.93. The summed E-state index contributed by atoms with van der Waals surface area (Å²) in [5.74, 6) is 1.23. The predicted octanol–water partition coefficient (Wildman–Crippen LogP) is 2.49. The number of amides is 1.